The van der Waals surface area contributed by atoms with Crippen LogP contribution in [0.4, 0.5) is 11.4 Å². The number of hydrogen-bond donors (Lipinski definition) is 4. The van der Waals surface area contributed by atoms with E-state index < -0.39 is 0 Å². The molecular formula is C29H35Cl6IN5NaOS4. The first-order valence-corrected chi connectivity index (χ1v) is 19.5. The fraction of sp³-hybridized carbons (Fsp3) is 0.276. The van der Waals surface area contributed by atoms with Gasteiger partial charge in [-0.1, -0.05) is 104 Å². The van der Waals surface area contributed by atoms with E-state index in [-0.39, 0.29) is 35.0 Å². The maximum atomic E-state index is 5.91. The molecule has 3 aromatic carbocycles. The minimum absolute atomic E-state index is 0. The van der Waals surface area contributed by atoms with Crippen LogP contribution in [0.5, 0.6) is 0 Å². The second-order valence-corrected chi connectivity index (χ2v) is 12.9. The number of benzene rings is 3. The van der Waals surface area contributed by atoms with Crippen molar-refractivity contribution in [1.29, 1.82) is 0 Å². The van der Waals surface area contributed by atoms with Crippen molar-refractivity contribution in [1.82, 2.24) is 0 Å². The Bertz CT molecular complexity index is 1280. The number of aliphatic imine (C=N–C) groups is 1. The van der Waals surface area contributed by atoms with Gasteiger partial charge in [0.25, 0.3) is 0 Å². The molecule has 0 spiro atoms. The van der Waals surface area contributed by atoms with Crippen molar-refractivity contribution in [2.75, 3.05) is 41.9 Å². The molecule has 0 aliphatic carbocycles. The summed E-state index contributed by atoms with van der Waals surface area (Å²) in [7, 11) is 0. The Morgan fingerprint density at radius 3 is 1.53 bits per heavy atom. The summed E-state index contributed by atoms with van der Waals surface area (Å²) in [4.78, 5) is 6.39. The summed E-state index contributed by atoms with van der Waals surface area (Å²) in [6.45, 7) is 2.17. The Morgan fingerprint density at radius 2 is 1.21 bits per heavy atom. The van der Waals surface area contributed by atoms with Crippen LogP contribution in [0.1, 0.15) is 18.4 Å². The minimum atomic E-state index is 0. The molecule has 0 unspecified atom stereocenters. The third-order valence-electron chi connectivity index (χ3n) is 4.64. The summed E-state index contributed by atoms with van der Waals surface area (Å²) in [5, 5.41) is 6.73. The van der Waals surface area contributed by atoms with Gasteiger partial charge in [0, 0.05) is 77.6 Å². The third kappa shape index (κ3) is 31.4. The Kier molecular flexibility index (Phi) is 41.1. The minimum Gasteiger partial charge on any atom is -0.870 e. The fourth-order valence-corrected chi connectivity index (χ4v) is 5.04. The van der Waals surface area contributed by atoms with Crippen LogP contribution in [0, 0.1) is 0 Å². The van der Waals surface area contributed by atoms with E-state index in [1.807, 2.05) is 27.6 Å². The number of thioether (sulfide) groups is 1. The van der Waals surface area contributed by atoms with Gasteiger partial charge in [-0.05, 0) is 109 Å². The smallest absolute Gasteiger partial charge is 0.870 e. The molecule has 0 atom stereocenters. The zero-order chi connectivity index (χ0) is 34.8. The molecule has 18 heteroatoms. The van der Waals surface area contributed by atoms with Gasteiger partial charge in [0.2, 0.25) is 0 Å². The SMILES string of the molecule is CI.CSC(=S)Nc1cc(Cl)cc(Cl)c1.Clc1cc(Cl)cc(CC2=NCCC2)c1.NCCN.Nc1cc(Cl)cc(Cl)c1.S=C=S.[Na+].[OH-]. The summed E-state index contributed by atoms with van der Waals surface area (Å²) in [5.41, 5.74) is 19.0. The number of nitrogens with one attached hydrogen (secondary N) is 1. The summed E-state index contributed by atoms with van der Waals surface area (Å²) < 4.78 is 2.61. The van der Waals surface area contributed by atoms with E-state index in [1.165, 1.54) is 23.9 Å². The topological polar surface area (TPSA) is 132 Å². The number of hydrogen-bond acceptors (Lipinski definition) is 9. The zero-order valence-electron chi connectivity index (χ0n) is 25.8. The summed E-state index contributed by atoms with van der Waals surface area (Å²) in [6.07, 6.45) is 5.09. The predicted molar refractivity (Wildman–Crippen MR) is 229 cm³/mol. The molecule has 1 aliphatic rings. The Morgan fingerprint density at radius 1 is 0.830 bits per heavy atom. The largest absolute Gasteiger partial charge is 1.00 e. The van der Waals surface area contributed by atoms with Crippen molar-refractivity contribution in [3.05, 3.63) is 90.3 Å². The standard InChI is InChI=1S/C11H11Cl2N.C8H7Cl2NS2.C6H5Cl2N.C2H8N2.CH3I.CS2.Na.H2O/c12-9-4-8(5-10(13)7-9)6-11-2-1-3-14-11;1-13-8(12)11-7-3-5(9)2-6(10)4-7;7-4-1-5(8)3-6(9)2-4;3-1-2-4;1-2;2-1-3;;/h4-5,7H,1-3,6H2;2-4H,1H3,(H,11,12);1-3H,9H2;1-4H2;1H3;;;1H2/q;;;;;;+1;/p-1. The number of anilines is 2. The molecule has 8 N–H and O–H groups in total. The van der Waals surface area contributed by atoms with Crippen LogP contribution in [0.3, 0.4) is 0 Å². The number of thiocarbonyl (C=S) groups is 3. The molecule has 0 saturated carbocycles. The molecule has 0 saturated heterocycles. The Hall–Kier alpha value is 0.940. The van der Waals surface area contributed by atoms with E-state index in [0.29, 0.717) is 53.2 Å². The van der Waals surface area contributed by atoms with E-state index in [1.54, 1.807) is 42.5 Å². The van der Waals surface area contributed by atoms with Gasteiger partial charge in [0.05, 0.1) is 0 Å². The average Bonchev–Trinajstić information content (AvgIpc) is 3.46. The van der Waals surface area contributed by atoms with Crippen LogP contribution in [-0.4, -0.2) is 50.6 Å². The number of nitrogens with zero attached hydrogens (tertiary/aromatic N) is 1. The van der Waals surface area contributed by atoms with E-state index >= 15 is 0 Å². The predicted octanol–water partition coefficient (Wildman–Crippen LogP) is 8.20. The normalized spacial score (nSPS) is 10.1. The molecule has 256 valence electrons. The Labute approximate surface area is 364 Å². The fourth-order valence-electron chi connectivity index (χ4n) is 3.06. The molecule has 0 aromatic heterocycles. The average molecular weight is 961 g/mol. The number of nitrogens with two attached hydrogens (primary N) is 3. The molecule has 1 heterocycles. The molecule has 0 fully saturated rings. The van der Waals surface area contributed by atoms with Crippen LogP contribution in [0.2, 0.25) is 30.1 Å². The van der Waals surface area contributed by atoms with Crippen molar-refractivity contribution >= 4 is 166 Å². The molecule has 47 heavy (non-hydrogen) atoms. The molecule has 0 amide bonds. The first-order valence-electron chi connectivity index (χ1n) is 12.6. The first-order chi connectivity index (χ1) is 21.4. The number of nitrogen functional groups attached to an aromatic ring is 1. The molecule has 4 rings (SSSR count). The van der Waals surface area contributed by atoms with E-state index in [2.05, 4.69) is 57.3 Å². The second kappa shape index (κ2) is 35.3. The molecular weight excluding hydrogens is 925 g/mol. The van der Waals surface area contributed by atoms with Gasteiger partial charge in [-0.25, -0.2) is 0 Å². The number of halogens is 7. The van der Waals surface area contributed by atoms with Crippen LogP contribution >= 0.6 is 141 Å². The summed E-state index contributed by atoms with van der Waals surface area (Å²) in [6, 6.07) is 15.8. The molecule has 3 aromatic rings. The zero-order valence-corrected chi connectivity index (χ0v) is 37.8. The maximum Gasteiger partial charge on any atom is 1.00 e. The summed E-state index contributed by atoms with van der Waals surface area (Å²) in [5.74, 6) is 0. The van der Waals surface area contributed by atoms with E-state index in [9.17, 15) is 0 Å². The van der Waals surface area contributed by atoms with Gasteiger partial charge in [-0.2, -0.15) is 0 Å². The quantitative estimate of drug-likeness (QED) is 0.0672. The number of alkyl halides is 1. The summed E-state index contributed by atoms with van der Waals surface area (Å²) >= 11 is 51.1. The van der Waals surface area contributed by atoms with Gasteiger partial charge < -0.3 is 28.0 Å². The Balaban J connectivity index is -0.000000260. The van der Waals surface area contributed by atoms with E-state index in [0.717, 1.165) is 30.6 Å². The van der Waals surface area contributed by atoms with Crippen molar-refractivity contribution in [2.24, 2.45) is 16.5 Å². The van der Waals surface area contributed by atoms with Crippen molar-refractivity contribution in [3.63, 3.8) is 0 Å². The monoisotopic (exact) mass is 957 g/mol. The van der Waals surface area contributed by atoms with E-state index in [4.69, 9.17) is 99.0 Å². The number of rotatable bonds is 4. The second-order valence-electron chi connectivity index (χ2n) is 8.14. The van der Waals surface area contributed by atoms with Gasteiger partial charge in [-0.15, -0.1) is 11.8 Å². The van der Waals surface area contributed by atoms with Gasteiger partial charge in [-0.3, -0.25) is 4.99 Å². The van der Waals surface area contributed by atoms with Crippen LogP contribution in [0.15, 0.2) is 59.6 Å². The maximum absolute atomic E-state index is 5.91. The third-order valence-corrected chi connectivity index (χ3v) is 7.02. The molecule has 6 nitrogen and oxygen atoms in total. The molecule has 0 bridgehead atoms. The van der Waals surface area contributed by atoms with Gasteiger partial charge in [0.1, 0.15) is 4.32 Å². The van der Waals surface area contributed by atoms with Crippen LogP contribution in [0.25, 0.3) is 0 Å². The van der Waals surface area contributed by atoms with Crippen LogP contribution in [-0.2, 0) is 6.42 Å². The van der Waals surface area contributed by atoms with Crippen molar-refractivity contribution in [2.45, 2.75) is 19.3 Å². The van der Waals surface area contributed by atoms with Crippen LogP contribution < -0.4 is 52.1 Å². The van der Waals surface area contributed by atoms with Gasteiger partial charge in [0.15, 0.2) is 0 Å². The molecule has 1 aliphatic heterocycles. The van der Waals surface area contributed by atoms with Crippen molar-refractivity contribution in [3.8, 4) is 0 Å². The first kappa shape index (κ1) is 54.7. The van der Waals surface area contributed by atoms with Crippen molar-refractivity contribution < 1.29 is 35.0 Å². The molecule has 0 radical (unpaired) electrons. The van der Waals surface area contributed by atoms with Gasteiger partial charge >= 0.3 is 29.6 Å².